The molecule has 0 N–H and O–H groups in total. The summed E-state index contributed by atoms with van der Waals surface area (Å²) in [6, 6.07) is 12.3. The van der Waals surface area contributed by atoms with Crippen molar-refractivity contribution in [3.63, 3.8) is 0 Å². The van der Waals surface area contributed by atoms with Gasteiger partial charge in [-0.3, -0.25) is 4.79 Å². The number of hydrogen-bond acceptors (Lipinski definition) is 1. The Morgan fingerprint density at radius 2 is 1.68 bits per heavy atom. The minimum Gasteiger partial charge on any atom is -0.336 e. The molecule has 28 heavy (non-hydrogen) atoms. The molecule has 2 nitrogen and oxygen atoms in total. The van der Waals surface area contributed by atoms with Gasteiger partial charge in [-0.15, -0.1) is 0 Å². The van der Waals surface area contributed by atoms with E-state index >= 15 is 0 Å². The molecule has 1 amide bonds. The third-order valence-electron chi connectivity index (χ3n) is 9.39. The van der Waals surface area contributed by atoms with Crippen LogP contribution in [0.1, 0.15) is 83.6 Å². The van der Waals surface area contributed by atoms with Crippen LogP contribution in [0.2, 0.25) is 0 Å². The van der Waals surface area contributed by atoms with Crippen molar-refractivity contribution < 1.29 is 4.79 Å². The Balaban J connectivity index is 1.39. The van der Waals surface area contributed by atoms with Gasteiger partial charge in [-0.1, -0.05) is 44.2 Å². The van der Waals surface area contributed by atoms with E-state index in [-0.39, 0.29) is 10.8 Å². The van der Waals surface area contributed by atoms with Crippen LogP contribution < -0.4 is 0 Å². The second kappa shape index (κ2) is 5.64. The summed E-state index contributed by atoms with van der Waals surface area (Å²) in [5.41, 5.74) is 2.03. The lowest BCUT2D eigenvalue weighted by Gasteiger charge is -2.66. The minimum atomic E-state index is -0.0780. The SMILES string of the molecule is CC1CC2CCC(C1)N2C(=O)C12CC3CC(C)(C1)CC(c1ccccc1)(C3)C2. The zero-order valence-electron chi connectivity index (χ0n) is 17.6. The van der Waals surface area contributed by atoms with Crippen LogP contribution in [0.5, 0.6) is 0 Å². The van der Waals surface area contributed by atoms with Crippen LogP contribution in [-0.2, 0) is 10.2 Å². The number of rotatable bonds is 2. The van der Waals surface area contributed by atoms with Gasteiger partial charge in [0.25, 0.3) is 0 Å². The fourth-order valence-electron chi connectivity index (χ4n) is 9.33. The molecule has 2 heteroatoms. The lowest BCUT2D eigenvalue weighted by Crippen LogP contribution is -2.64. The number of hydrogen-bond donors (Lipinski definition) is 0. The van der Waals surface area contributed by atoms with Crippen molar-refractivity contribution in [2.45, 2.75) is 95.6 Å². The Labute approximate surface area is 170 Å². The summed E-state index contributed by atoms with van der Waals surface area (Å²) in [7, 11) is 0. The Morgan fingerprint density at radius 1 is 0.964 bits per heavy atom. The molecule has 7 rings (SSSR count). The van der Waals surface area contributed by atoms with Crippen LogP contribution in [-0.4, -0.2) is 22.9 Å². The molecule has 6 atom stereocenters. The standard InChI is InChI=1S/C26H35NO/c1-18-10-21-8-9-22(11-18)27(21)23(28)26-14-19-12-24(2,16-26)15-25(13-19,17-26)20-6-4-3-5-7-20/h3-7,18-19,21-22H,8-17H2,1-2H3. The highest BCUT2D eigenvalue weighted by Crippen LogP contribution is 2.70. The molecule has 6 aliphatic rings. The van der Waals surface area contributed by atoms with Crippen molar-refractivity contribution in [3.05, 3.63) is 35.9 Å². The number of amides is 1. The van der Waals surface area contributed by atoms with Crippen LogP contribution >= 0.6 is 0 Å². The zero-order valence-corrected chi connectivity index (χ0v) is 17.6. The number of nitrogens with zero attached hydrogens (tertiary/aromatic N) is 1. The third-order valence-corrected chi connectivity index (χ3v) is 9.39. The summed E-state index contributed by atoms with van der Waals surface area (Å²) >= 11 is 0. The minimum absolute atomic E-state index is 0.0780. The topological polar surface area (TPSA) is 20.3 Å². The quantitative estimate of drug-likeness (QED) is 0.647. The van der Waals surface area contributed by atoms with Gasteiger partial charge >= 0.3 is 0 Å². The summed E-state index contributed by atoms with van der Waals surface area (Å²) in [6.07, 6.45) is 12.4. The second-order valence-corrected chi connectivity index (χ2v) is 11.9. The van der Waals surface area contributed by atoms with Crippen LogP contribution in [0.15, 0.2) is 30.3 Å². The van der Waals surface area contributed by atoms with Crippen molar-refractivity contribution in [2.24, 2.45) is 22.7 Å². The molecule has 6 bridgehead atoms. The van der Waals surface area contributed by atoms with E-state index in [1.165, 1.54) is 56.9 Å². The van der Waals surface area contributed by atoms with E-state index in [4.69, 9.17) is 0 Å². The number of piperidine rings is 1. The van der Waals surface area contributed by atoms with Gasteiger partial charge in [0, 0.05) is 12.1 Å². The summed E-state index contributed by atoms with van der Waals surface area (Å²) in [4.78, 5) is 16.7. The maximum absolute atomic E-state index is 14.3. The molecule has 4 aliphatic carbocycles. The van der Waals surface area contributed by atoms with E-state index in [9.17, 15) is 4.79 Å². The molecular weight excluding hydrogens is 342 g/mol. The van der Waals surface area contributed by atoms with Gasteiger partial charge in [-0.05, 0) is 92.4 Å². The lowest BCUT2D eigenvalue weighted by atomic mass is 9.38. The molecule has 2 saturated heterocycles. The maximum atomic E-state index is 14.3. The van der Waals surface area contributed by atoms with Gasteiger partial charge in [-0.2, -0.15) is 0 Å². The average molecular weight is 378 g/mol. The predicted molar refractivity (Wildman–Crippen MR) is 112 cm³/mol. The monoisotopic (exact) mass is 377 g/mol. The second-order valence-electron chi connectivity index (χ2n) is 11.9. The average Bonchev–Trinajstić information content (AvgIpc) is 2.91. The molecule has 0 aromatic heterocycles. The summed E-state index contributed by atoms with van der Waals surface area (Å²) < 4.78 is 0. The van der Waals surface area contributed by atoms with Gasteiger partial charge in [0.1, 0.15) is 0 Å². The van der Waals surface area contributed by atoms with Gasteiger partial charge in [0.05, 0.1) is 5.41 Å². The van der Waals surface area contributed by atoms with Gasteiger partial charge in [-0.25, -0.2) is 0 Å². The van der Waals surface area contributed by atoms with Gasteiger partial charge < -0.3 is 4.90 Å². The maximum Gasteiger partial charge on any atom is 0.229 e. The summed E-state index contributed by atoms with van der Waals surface area (Å²) in [5, 5.41) is 0. The van der Waals surface area contributed by atoms with E-state index in [0.717, 1.165) is 24.7 Å². The first-order valence-electron chi connectivity index (χ1n) is 11.8. The summed E-state index contributed by atoms with van der Waals surface area (Å²) in [5.74, 6) is 2.11. The Bertz CT molecular complexity index is 790. The van der Waals surface area contributed by atoms with Crippen molar-refractivity contribution in [1.29, 1.82) is 0 Å². The Kier molecular flexibility index (Phi) is 3.53. The van der Waals surface area contributed by atoms with E-state index in [1.54, 1.807) is 0 Å². The molecule has 150 valence electrons. The van der Waals surface area contributed by atoms with Crippen LogP contribution in [0.3, 0.4) is 0 Å². The van der Waals surface area contributed by atoms with Crippen LogP contribution in [0, 0.1) is 22.7 Å². The Morgan fingerprint density at radius 3 is 2.36 bits per heavy atom. The van der Waals surface area contributed by atoms with E-state index in [1.807, 2.05) is 0 Å². The molecule has 2 aliphatic heterocycles. The fourth-order valence-corrected chi connectivity index (χ4v) is 9.33. The first-order chi connectivity index (χ1) is 13.4. The lowest BCUT2D eigenvalue weighted by molar-refractivity contribution is -0.175. The first-order valence-corrected chi connectivity index (χ1v) is 11.8. The molecule has 6 fully saturated rings. The molecule has 1 aromatic carbocycles. The third kappa shape index (κ3) is 2.36. The molecule has 4 saturated carbocycles. The number of carbonyl (C=O) groups excluding carboxylic acids is 1. The first kappa shape index (κ1) is 17.5. The molecule has 6 unspecified atom stereocenters. The largest absolute Gasteiger partial charge is 0.336 e. The van der Waals surface area contributed by atoms with Crippen molar-refractivity contribution >= 4 is 5.91 Å². The zero-order chi connectivity index (χ0) is 19.1. The highest BCUT2D eigenvalue weighted by Gasteiger charge is 2.66. The van der Waals surface area contributed by atoms with E-state index in [2.05, 4.69) is 49.1 Å². The highest BCUT2D eigenvalue weighted by molar-refractivity contribution is 5.85. The van der Waals surface area contributed by atoms with Crippen molar-refractivity contribution in [1.82, 2.24) is 4.90 Å². The molecule has 0 spiro atoms. The van der Waals surface area contributed by atoms with Crippen molar-refractivity contribution in [3.8, 4) is 0 Å². The van der Waals surface area contributed by atoms with Crippen LogP contribution in [0.25, 0.3) is 0 Å². The molecular formula is C26H35NO. The normalized spacial score (nSPS) is 48.9. The number of fused-ring (bicyclic) bond motifs is 2. The number of carbonyl (C=O) groups is 1. The fraction of sp³-hybridized carbons (Fsp3) is 0.731. The van der Waals surface area contributed by atoms with E-state index < -0.39 is 0 Å². The molecule has 2 heterocycles. The Hall–Kier alpha value is -1.31. The van der Waals surface area contributed by atoms with Crippen molar-refractivity contribution in [2.75, 3.05) is 0 Å². The molecule has 1 aromatic rings. The number of benzene rings is 1. The smallest absolute Gasteiger partial charge is 0.229 e. The van der Waals surface area contributed by atoms with Gasteiger partial charge in [0.15, 0.2) is 0 Å². The highest BCUT2D eigenvalue weighted by atomic mass is 16.2. The summed E-state index contributed by atoms with van der Waals surface area (Å²) in [6.45, 7) is 4.90. The van der Waals surface area contributed by atoms with Crippen LogP contribution in [0.4, 0.5) is 0 Å². The molecule has 0 radical (unpaired) electrons. The predicted octanol–water partition coefficient (Wildman–Crippen LogP) is 5.70. The van der Waals surface area contributed by atoms with Gasteiger partial charge in [0.2, 0.25) is 5.91 Å². The van der Waals surface area contributed by atoms with E-state index in [0.29, 0.717) is 23.4 Å².